The monoisotopic (exact) mass is 232 g/mol. The number of nitrogens with zero attached hydrogens (tertiary/aromatic N) is 2. The number of carbonyl (C=O) groups is 1. The minimum Gasteiger partial charge on any atom is -0.336 e. The maximum Gasteiger partial charge on any atom is 0.267 e. The first kappa shape index (κ1) is 10.6. The van der Waals surface area contributed by atoms with E-state index in [0.29, 0.717) is 0 Å². The van der Waals surface area contributed by atoms with E-state index in [0.717, 1.165) is 10.8 Å². The fourth-order valence-corrected chi connectivity index (χ4v) is 3.13. The summed E-state index contributed by atoms with van der Waals surface area (Å²) in [5.74, 6) is -0.241. The molecule has 1 fully saturated rings. The molecular formula is C13H16N2O2. The molecule has 2 aliphatic heterocycles. The number of fused-ring (bicyclic) bond motifs is 3. The molecule has 4 heteroatoms. The lowest BCUT2D eigenvalue weighted by Gasteiger charge is -2.42. The third kappa shape index (κ3) is 0.954. The summed E-state index contributed by atoms with van der Waals surface area (Å²) in [5.41, 5.74) is 1.23. The number of anilines is 1. The molecule has 0 saturated carbocycles. The van der Waals surface area contributed by atoms with Crippen LogP contribution in [-0.4, -0.2) is 28.4 Å². The molecule has 0 aromatic heterocycles. The van der Waals surface area contributed by atoms with Gasteiger partial charge in [0.05, 0.1) is 0 Å². The van der Waals surface area contributed by atoms with Crippen molar-refractivity contribution < 1.29 is 10.0 Å². The number of carbonyl (C=O) groups excluding carboxylic acids is 1. The van der Waals surface area contributed by atoms with Crippen molar-refractivity contribution >= 4 is 11.6 Å². The second kappa shape index (κ2) is 2.82. The van der Waals surface area contributed by atoms with Gasteiger partial charge in [-0.25, -0.2) is 0 Å². The Hall–Kier alpha value is -1.55. The Labute approximate surface area is 100 Å². The van der Waals surface area contributed by atoms with Crippen molar-refractivity contribution in [2.45, 2.75) is 31.8 Å². The Morgan fingerprint density at radius 3 is 2.59 bits per heavy atom. The Kier molecular flexibility index (Phi) is 1.76. The fourth-order valence-electron chi connectivity index (χ4n) is 3.13. The second-order valence-electron chi connectivity index (χ2n) is 5.45. The summed E-state index contributed by atoms with van der Waals surface area (Å²) in [6.07, 6.45) is 0. The Bertz CT molecular complexity index is 512. The topological polar surface area (TPSA) is 43.8 Å². The van der Waals surface area contributed by atoms with Gasteiger partial charge in [-0.2, -0.15) is 5.06 Å². The van der Waals surface area contributed by atoms with Gasteiger partial charge in [0.15, 0.2) is 0 Å². The van der Waals surface area contributed by atoms with Crippen molar-refractivity contribution in [2.75, 3.05) is 11.4 Å². The Morgan fingerprint density at radius 1 is 1.24 bits per heavy atom. The quantitative estimate of drug-likeness (QED) is 0.693. The average molecular weight is 232 g/mol. The highest BCUT2D eigenvalue weighted by molar-refractivity contribution is 5.89. The van der Waals surface area contributed by atoms with Gasteiger partial charge in [-0.15, -0.1) is 0 Å². The lowest BCUT2D eigenvalue weighted by molar-refractivity contribution is -0.185. The van der Waals surface area contributed by atoms with Gasteiger partial charge in [-0.3, -0.25) is 10.0 Å². The van der Waals surface area contributed by atoms with Crippen LogP contribution in [-0.2, 0) is 10.2 Å². The van der Waals surface area contributed by atoms with Crippen molar-refractivity contribution in [1.82, 2.24) is 5.06 Å². The van der Waals surface area contributed by atoms with Crippen LogP contribution >= 0.6 is 0 Å². The van der Waals surface area contributed by atoms with Crippen LogP contribution in [0, 0.1) is 0 Å². The second-order valence-corrected chi connectivity index (χ2v) is 5.45. The summed E-state index contributed by atoms with van der Waals surface area (Å²) < 4.78 is 0. The molecule has 90 valence electrons. The summed E-state index contributed by atoms with van der Waals surface area (Å²) in [5, 5.41) is 11.0. The lowest BCUT2D eigenvalue weighted by atomic mass is 9.77. The maximum atomic E-state index is 11.7. The van der Waals surface area contributed by atoms with Gasteiger partial charge >= 0.3 is 0 Å². The first-order valence-electron chi connectivity index (χ1n) is 5.80. The molecular weight excluding hydrogens is 216 g/mol. The van der Waals surface area contributed by atoms with Crippen LogP contribution in [0.3, 0.4) is 0 Å². The van der Waals surface area contributed by atoms with Gasteiger partial charge in [-0.1, -0.05) is 32.0 Å². The highest BCUT2D eigenvalue weighted by Crippen LogP contribution is 2.54. The molecule has 1 N–H and O–H groups in total. The molecule has 4 nitrogen and oxygen atoms in total. The standard InChI is InChI=1S/C13H16N2O2/c1-12(2)9-6-4-5-7-10(9)14-8-11(16)15(17)13(12,14)3/h4-7,17H,8H2,1-3H3/t13-/m0/s1. The molecule has 17 heavy (non-hydrogen) atoms. The summed E-state index contributed by atoms with van der Waals surface area (Å²) in [4.78, 5) is 13.7. The third-order valence-electron chi connectivity index (χ3n) is 4.52. The predicted octanol–water partition coefficient (Wildman–Crippen LogP) is 1.73. The molecule has 0 radical (unpaired) electrons. The zero-order valence-corrected chi connectivity index (χ0v) is 10.3. The molecule has 2 heterocycles. The van der Waals surface area contributed by atoms with Gasteiger partial charge in [0.2, 0.25) is 0 Å². The first-order chi connectivity index (χ1) is 7.90. The van der Waals surface area contributed by atoms with Crippen molar-refractivity contribution in [3.8, 4) is 0 Å². The highest BCUT2D eigenvalue weighted by Gasteiger charge is 2.62. The van der Waals surface area contributed by atoms with E-state index in [2.05, 4.69) is 19.9 Å². The third-order valence-corrected chi connectivity index (χ3v) is 4.52. The summed E-state index contributed by atoms with van der Waals surface area (Å²) in [6, 6.07) is 8.03. The van der Waals surface area contributed by atoms with Crippen LogP contribution in [0.4, 0.5) is 5.69 Å². The zero-order valence-electron chi connectivity index (χ0n) is 10.3. The molecule has 0 spiro atoms. The summed E-state index contributed by atoms with van der Waals surface area (Å²) >= 11 is 0. The molecule has 2 aliphatic rings. The van der Waals surface area contributed by atoms with Gasteiger partial charge in [0.25, 0.3) is 5.91 Å². The van der Waals surface area contributed by atoms with Gasteiger partial charge < -0.3 is 4.90 Å². The average Bonchev–Trinajstić information content (AvgIpc) is 2.63. The molecule has 1 atom stereocenters. The number of para-hydroxylation sites is 1. The molecule has 3 rings (SSSR count). The SMILES string of the molecule is CC1(C)c2ccccc2N2CC(=O)N(O)[C@]21C. The van der Waals surface area contributed by atoms with Crippen molar-refractivity contribution in [3.63, 3.8) is 0 Å². The van der Waals surface area contributed by atoms with E-state index in [4.69, 9.17) is 0 Å². The van der Waals surface area contributed by atoms with Crippen molar-refractivity contribution in [1.29, 1.82) is 0 Å². The van der Waals surface area contributed by atoms with Crippen LogP contribution in [0.15, 0.2) is 24.3 Å². The van der Waals surface area contributed by atoms with E-state index >= 15 is 0 Å². The Balaban J connectivity index is 2.28. The number of rotatable bonds is 0. The molecule has 0 aliphatic carbocycles. The van der Waals surface area contributed by atoms with Gasteiger partial charge in [0, 0.05) is 11.1 Å². The summed E-state index contributed by atoms with van der Waals surface area (Å²) in [6.45, 7) is 6.28. The minimum atomic E-state index is -0.687. The van der Waals surface area contributed by atoms with E-state index in [-0.39, 0.29) is 17.9 Å². The maximum absolute atomic E-state index is 11.7. The number of hydrogen-bond acceptors (Lipinski definition) is 3. The van der Waals surface area contributed by atoms with E-state index in [1.54, 1.807) is 0 Å². The van der Waals surface area contributed by atoms with Crippen LogP contribution in [0.25, 0.3) is 0 Å². The lowest BCUT2D eigenvalue weighted by Crippen LogP contribution is -2.58. The smallest absolute Gasteiger partial charge is 0.267 e. The first-order valence-corrected chi connectivity index (χ1v) is 5.80. The normalized spacial score (nSPS) is 29.5. The van der Waals surface area contributed by atoms with Crippen LogP contribution in [0.5, 0.6) is 0 Å². The van der Waals surface area contributed by atoms with E-state index in [9.17, 15) is 10.0 Å². The van der Waals surface area contributed by atoms with Crippen LogP contribution in [0.2, 0.25) is 0 Å². The van der Waals surface area contributed by atoms with E-state index in [1.165, 1.54) is 5.56 Å². The van der Waals surface area contributed by atoms with E-state index < -0.39 is 5.66 Å². The summed E-state index contributed by atoms with van der Waals surface area (Å²) in [7, 11) is 0. The molecule has 1 saturated heterocycles. The zero-order chi connectivity index (χ0) is 12.4. The van der Waals surface area contributed by atoms with Crippen LogP contribution < -0.4 is 4.90 Å². The fraction of sp³-hybridized carbons (Fsp3) is 0.462. The molecule has 0 unspecified atom stereocenters. The van der Waals surface area contributed by atoms with Crippen molar-refractivity contribution in [2.24, 2.45) is 0 Å². The molecule has 1 aromatic rings. The molecule has 1 amide bonds. The van der Waals surface area contributed by atoms with E-state index in [1.807, 2.05) is 30.0 Å². The number of hydroxylamine groups is 2. The van der Waals surface area contributed by atoms with Crippen LogP contribution in [0.1, 0.15) is 26.3 Å². The van der Waals surface area contributed by atoms with Crippen molar-refractivity contribution in [3.05, 3.63) is 29.8 Å². The molecule has 0 bridgehead atoms. The number of hydrogen-bond donors (Lipinski definition) is 1. The predicted molar refractivity (Wildman–Crippen MR) is 63.9 cm³/mol. The minimum absolute atomic E-state index is 0.241. The number of benzene rings is 1. The highest BCUT2D eigenvalue weighted by atomic mass is 16.5. The number of amides is 1. The van der Waals surface area contributed by atoms with Gasteiger partial charge in [-0.05, 0) is 18.6 Å². The Morgan fingerprint density at radius 2 is 1.88 bits per heavy atom. The van der Waals surface area contributed by atoms with Gasteiger partial charge in [0.1, 0.15) is 12.2 Å². The molecule has 1 aromatic carbocycles. The largest absolute Gasteiger partial charge is 0.336 e.